The van der Waals surface area contributed by atoms with Gasteiger partial charge in [0.05, 0.1) is 36.2 Å². The Balaban J connectivity index is 0.000000308. The van der Waals surface area contributed by atoms with Crippen LogP contribution in [-0.4, -0.2) is 77.7 Å². The number of quaternary nitrogens is 2. The molecule has 6 nitrogen and oxygen atoms in total. The van der Waals surface area contributed by atoms with Crippen molar-refractivity contribution in [2.24, 2.45) is 5.73 Å². The van der Waals surface area contributed by atoms with Gasteiger partial charge in [-0.25, -0.2) is 8.78 Å². The molecule has 7 atom stereocenters. The largest absolute Gasteiger partial charge is 1.00 e. The number of alkyl halides is 2. The second kappa shape index (κ2) is 24.8. The van der Waals surface area contributed by atoms with Gasteiger partial charge < -0.3 is 56.5 Å². The van der Waals surface area contributed by atoms with Crippen LogP contribution in [0.25, 0.3) is 0 Å². The summed E-state index contributed by atoms with van der Waals surface area (Å²) in [6.07, 6.45) is 5.65. The van der Waals surface area contributed by atoms with Gasteiger partial charge in [-0.2, -0.15) is 0 Å². The van der Waals surface area contributed by atoms with Gasteiger partial charge in [0.2, 0.25) is 0 Å². The Labute approximate surface area is 397 Å². The first-order chi connectivity index (χ1) is 27.3. The lowest BCUT2D eigenvalue weighted by Gasteiger charge is -2.46. The zero-order valence-corrected chi connectivity index (χ0v) is 40.6. The highest BCUT2D eigenvalue weighted by molar-refractivity contribution is 6.43. The van der Waals surface area contributed by atoms with Gasteiger partial charge in [0, 0.05) is 22.8 Å². The molecule has 0 radical (unpaired) electrons. The molecule has 16 heteroatoms. The van der Waals surface area contributed by atoms with Gasteiger partial charge in [-0.05, 0) is 119 Å². The van der Waals surface area contributed by atoms with Crippen LogP contribution in [0.15, 0.2) is 54.6 Å². The van der Waals surface area contributed by atoms with Crippen LogP contribution in [-0.2, 0) is 16.2 Å². The molecular formula is C44H61Cl8F2N3O3. The molecule has 3 aliphatic rings. The summed E-state index contributed by atoms with van der Waals surface area (Å²) in [5, 5.41) is 38.2. The quantitative estimate of drug-likeness (QED) is 0.141. The summed E-state index contributed by atoms with van der Waals surface area (Å²) in [5.74, 6) is 0. The normalized spacial score (nSPS) is 20.4. The molecule has 0 saturated heterocycles. The van der Waals surface area contributed by atoms with E-state index in [4.69, 9.17) is 75.3 Å². The summed E-state index contributed by atoms with van der Waals surface area (Å²) in [5.41, 5.74) is 7.95. The molecule has 3 aromatic carbocycles. The first kappa shape index (κ1) is 55.7. The molecule has 0 aromatic heterocycles. The summed E-state index contributed by atoms with van der Waals surface area (Å²) in [6.45, 7) is 8.04. The molecule has 3 fully saturated rings. The second-order valence-corrected chi connectivity index (χ2v) is 19.2. The van der Waals surface area contributed by atoms with E-state index in [-0.39, 0.29) is 59.7 Å². The summed E-state index contributed by atoms with van der Waals surface area (Å²) in [4.78, 5) is 0. The molecule has 0 amide bonds. The molecular weight excluding hydrogens is 940 g/mol. The molecule has 0 spiro atoms. The van der Waals surface area contributed by atoms with Gasteiger partial charge in [-0.1, -0.05) is 107 Å². The number of aliphatic hydroxyl groups is 3. The van der Waals surface area contributed by atoms with Crippen molar-refractivity contribution >= 4 is 69.6 Å². The van der Waals surface area contributed by atoms with Gasteiger partial charge in [-0.3, -0.25) is 0 Å². The van der Waals surface area contributed by atoms with Crippen molar-refractivity contribution in [3.63, 3.8) is 0 Å². The van der Waals surface area contributed by atoms with Crippen molar-refractivity contribution in [2.45, 2.75) is 144 Å². The Bertz CT molecular complexity index is 1690. The van der Waals surface area contributed by atoms with Crippen LogP contribution in [0.4, 0.5) is 8.78 Å². The number of hydrogen-bond acceptors (Lipinski definition) is 4. The second-order valence-electron chi connectivity index (χ2n) is 16.7. The van der Waals surface area contributed by atoms with E-state index in [0.717, 1.165) is 74.5 Å². The number of hydrogen-bond donors (Lipinski definition) is 6. The average molecular weight is 1000 g/mol. The number of rotatable bonds is 15. The lowest BCUT2D eigenvalue weighted by atomic mass is 9.61. The summed E-state index contributed by atoms with van der Waals surface area (Å²) < 4.78 is 26.4. The van der Waals surface area contributed by atoms with Crippen molar-refractivity contribution in [2.75, 3.05) is 19.6 Å². The fraction of sp³-hybridized carbons (Fsp3) is 0.591. The van der Waals surface area contributed by atoms with E-state index in [2.05, 4.69) is 0 Å². The maximum absolute atomic E-state index is 13.2. The Hall–Kier alpha value is -0.400. The maximum atomic E-state index is 13.2. The minimum absolute atomic E-state index is 0. The minimum Gasteiger partial charge on any atom is -1.00 e. The van der Waals surface area contributed by atoms with Gasteiger partial charge in [-0.15, -0.1) is 0 Å². The van der Waals surface area contributed by atoms with Crippen molar-refractivity contribution < 1.29 is 59.5 Å². The standard InChI is InChI=1S/2C16H22Cl2FNO.C12H15Cl2NO.2ClH/c2*1-10(19)11(2)20-9-15(21)16(6-3-7-16)12-4-5-13(17)14(18)8-12;13-9-3-2-8(6-10(9)14)12(4-1-5-12)11(16)7-15;;/h2*4-5,8,10-11,15,20-21H,3,6-7,9H2,1-2H3;2-3,6,11,16H,1,4-5,7,15H2;2*1H. The topological polar surface area (TPSA) is 120 Å². The van der Waals surface area contributed by atoms with E-state index < -0.39 is 30.7 Å². The lowest BCUT2D eigenvalue weighted by molar-refractivity contribution is -0.698. The van der Waals surface area contributed by atoms with E-state index >= 15 is 0 Å². The zero-order chi connectivity index (χ0) is 43.0. The van der Waals surface area contributed by atoms with Crippen LogP contribution in [0.1, 0.15) is 102 Å². The van der Waals surface area contributed by atoms with E-state index in [0.29, 0.717) is 43.2 Å². The van der Waals surface area contributed by atoms with E-state index in [1.807, 2.05) is 60.9 Å². The van der Waals surface area contributed by atoms with Crippen molar-refractivity contribution in [3.05, 3.63) is 101 Å². The Morgan fingerprint density at radius 1 is 0.517 bits per heavy atom. The van der Waals surface area contributed by atoms with Crippen LogP contribution >= 0.6 is 69.6 Å². The molecule has 3 aliphatic carbocycles. The molecule has 0 heterocycles. The summed E-state index contributed by atoms with van der Waals surface area (Å²) in [7, 11) is 0. The molecule has 0 aliphatic heterocycles. The maximum Gasteiger partial charge on any atom is 0.148 e. The third-order valence-corrected chi connectivity index (χ3v) is 15.5. The highest BCUT2D eigenvalue weighted by Crippen LogP contribution is 2.49. The Kier molecular flexibility index (Phi) is 23.0. The van der Waals surface area contributed by atoms with Crippen molar-refractivity contribution in [1.82, 2.24) is 0 Å². The lowest BCUT2D eigenvalue weighted by Crippen LogP contribution is -3.00. The van der Waals surface area contributed by atoms with Crippen LogP contribution in [0.5, 0.6) is 0 Å². The predicted octanol–water partition coefficient (Wildman–Crippen LogP) is 2.91. The van der Waals surface area contributed by atoms with E-state index in [1.165, 1.54) is 0 Å². The number of benzene rings is 3. The van der Waals surface area contributed by atoms with Crippen LogP contribution in [0.3, 0.4) is 0 Å². The number of nitrogens with two attached hydrogens (primary N) is 3. The molecule has 6 rings (SSSR count). The minimum atomic E-state index is -0.889. The SMILES string of the molecule is CC(F)C(C)[NH2+]CC(O)C1(c2ccc(Cl)c(Cl)c2)CCC1.CC(F)C(C)[NH2+]CC(O)C1(c2ccc(Cl)c(Cl)c2)CCC1.NCC(O)C1(c2ccc(Cl)c(Cl)c2)CCC1.[Cl-].[Cl-]. The molecule has 340 valence electrons. The highest BCUT2D eigenvalue weighted by atomic mass is 35.5. The van der Waals surface area contributed by atoms with Crippen LogP contribution < -0.4 is 41.2 Å². The molecule has 3 aromatic rings. The van der Waals surface area contributed by atoms with Crippen molar-refractivity contribution in [1.29, 1.82) is 0 Å². The molecule has 60 heavy (non-hydrogen) atoms. The van der Waals surface area contributed by atoms with Gasteiger partial charge >= 0.3 is 0 Å². The van der Waals surface area contributed by atoms with Gasteiger partial charge in [0.15, 0.2) is 0 Å². The van der Waals surface area contributed by atoms with Crippen molar-refractivity contribution in [3.8, 4) is 0 Å². The molecule has 3 saturated carbocycles. The monoisotopic (exact) mass is 997 g/mol. The summed E-state index contributed by atoms with van der Waals surface area (Å²) in [6, 6.07) is 16.4. The Morgan fingerprint density at radius 2 is 0.783 bits per heavy atom. The van der Waals surface area contributed by atoms with Gasteiger partial charge in [0.1, 0.15) is 49.7 Å². The number of halogens is 10. The fourth-order valence-corrected chi connectivity index (χ4v) is 9.17. The molecule has 7 unspecified atom stereocenters. The fourth-order valence-electron chi connectivity index (χ4n) is 8.27. The highest BCUT2D eigenvalue weighted by Gasteiger charge is 2.48. The van der Waals surface area contributed by atoms with Crippen LogP contribution in [0.2, 0.25) is 30.1 Å². The van der Waals surface area contributed by atoms with Gasteiger partial charge in [0.25, 0.3) is 0 Å². The Morgan fingerprint density at radius 3 is 0.983 bits per heavy atom. The number of aliphatic hydroxyl groups excluding tert-OH is 3. The van der Waals surface area contributed by atoms with Crippen LogP contribution in [0, 0.1) is 0 Å². The third kappa shape index (κ3) is 13.1. The molecule has 0 bridgehead atoms. The first-order valence-electron chi connectivity index (χ1n) is 20.4. The predicted molar refractivity (Wildman–Crippen MR) is 237 cm³/mol. The van der Waals surface area contributed by atoms with E-state index in [9.17, 15) is 24.1 Å². The first-order valence-corrected chi connectivity index (χ1v) is 22.7. The smallest absolute Gasteiger partial charge is 0.148 e. The third-order valence-electron chi connectivity index (χ3n) is 13.3. The molecule has 9 N–H and O–H groups in total. The summed E-state index contributed by atoms with van der Waals surface area (Å²) >= 11 is 36.0. The average Bonchev–Trinajstić information content (AvgIpc) is 3.12. The van der Waals surface area contributed by atoms with E-state index in [1.54, 1.807) is 32.0 Å². The zero-order valence-electron chi connectivity index (χ0n) is 34.6.